The molecular formula is C16H24N2OS. The number of hydrogen-bond donors (Lipinski definition) is 1. The summed E-state index contributed by atoms with van der Waals surface area (Å²) in [5.41, 5.74) is 7.40. The molecule has 1 unspecified atom stereocenters. The van der Waals surface area contributed by atoms with E-state index in [2.05, 4.69) is 23.3 Å². The van der Waals surface area contributed by atoms with E-state index < -0.39 is 0 Å². The third-order valence-corrected chi connectivity index (χ3v) is 6.17. The maximum absolute atomic E-state index is 12.7. The van der Waals surface area contributed by atoms with Crippen molar-refractivity contribution in [1.29, 1.82) is 0 Å². The molecule has 4 heteroatoms. The van der Waals surface area contributed by atoms with Crippen molar-refractivity contribution in [2.45, 2.75) is 51.5 Å². The second-order valence-electron chi connectivity index (χ2n) is 6.29. The lowest BCUT2D eigenvalue weighted by atomic mass is 9.66. The highest BCUT2D eigenvalue weighted by molar-refractivity contribution is 7.10. The largest absolute Gasteiger partial charge is 0.335 e. The molecule has 20 heavy (non-hydrogen) atoms. The van der Waals surface area contributed by atoms with Crippen LogP contribution in [0.1, 0.15) is 55.5 Å². The van der Waals surface area contributed by atoms with Gasteiger partial charge >= 0.3 is 0 Å². The van der Waals surface area contributed by atoms with E-state index >= 15 is 0 Å². The lowest BCUT2D eigenvalue weighted by Crippen LogP contribution is -2.45. The average Bonchev–Trinajstić information content (AvgIpc) is 2.89. The van der Waals surface area contributed by atoms with Crippen molar-refractivity contribution in [2.75, 3.05) is 13.1 Å². The Hall–Kier alpha value is -0.870. The fourth-order valence-corrected chi connectivity index (χ4v) is 4.62. The number of thiophene rings is 1. The van der Waals surface area contributed by atoms with Crippen molar-refractivity contribution < 1.29 is 4.79 Å². The van der Waals surface area contributed by atoms with Gasteiger partial charge in [0.1, 0.15) is 0 Å². The molecule has 0 bridgehead atoms. The van der Waals surface area contributed by atoms with E-state index in [-0.39, 0.29) is 11.5 Å². The number of hydrogen-bond acceptors (Lipinski definition) is 3. The molecule has 110 valence electrons. The lowest BCUT2D eigenvalue weighted by Gasteiger charge is -2.43. The fourth-order valence-electron chi connectivity index (χ4n) is 3.69. The SMILES string of the molecule is CCC1c2ccsc2CCN1C(=O)CC1(CN)CCC1. The third kappa shape index (κ3) is 2.29. The summed E-state index contributed by atoms with van der Waals surface area (Å²) in [6.07, 6.45) is 6.17. The molecule has 1 amide bonds. The molecule has 1 saturated carbocycles. The van der Waals surface area contributed by atoms with Crippen LogP contribution in [-0.2, 0) is 11.2 Å². The molecular weight excluding hydrogens is 268 g/mol. The number of fused-ring (bicyclic) bond motifs is 1. The summed E-state index contributed by atoms with van der Waals surface area (Å²) in [6, 6.07) is 2.49. The van der Waals surface area contributed by atoms with Gasteiger partial charge in [-0.1, -0.05) is 13.3 Å². The second kappa shape index (κ2) is 5.49. The monoisotopic (exact) mass is 292 g/mol. The van der Waals surface area contributed by atoms with Crippen LogP contribution < -0.4 is 5.73 Å². The Morgan fingerprint density at radius 1 is 1.55 bits per heavy atom. The first-order chi connectivity index (χ1) is 9.69. The Labute approximate surface area is 125 Å². The predicted molar refractivity (Wildman–Crippen MR) is 82.7 cm³/mol. The van der Waals surface area contributed by atoms with E-state index in [1.807, 2.05) is 11.3 Å². The Morgan fingerprint density at radius 3 is 2.95 bits per heavy atom. The normalized spacial score (nSPS) is 24.1. The summed E-state index contributed by atoms with van der Waals surface area (Å²) in [4.78, 5) is 16.3. The maximum Gasteiger partial charge on any atom is 0.223 e. The Kier molecular flexibility index (Phi) is 3.87. The maximum atomic E-state index is 12.7. The first-order valence-corrected chi connectivity index (χ1v) is 8.63. The van der Waals surface area contributed by atoms with Crippen LogP contribution in [0.15, 0.2) is 11.4 Å². The summed E-state index contributed by atoms with van der Waals surface area (Å²) in [7, 11) is 0. The van der Waals surface area contributed by atoms with Crippen LogP contribution in [0.4, 0.5) is 0 Å². The highest BCUT2D eigenvalue weighted by Gasteiger charge is 2.40. The molecule has 2 aliphatic rings. The Balaban J connectivity index is 1.75. The van der Waals surface area contributed by atoms with Crippen LogP contribution in [0.25, 0.3) is 0 Å². The first kappa shape index (κ1) is 14.1. The van der Waals surface area contributed by atoms with E-state index in [1.165, 1.54) is 16.9 Å². The first-order valence-electron chi connectivity index (χ1n) is 7.75. The average molecular weight is 292 g/mol. The van der Waals surface area contributed by atoms with E-state index in [0.717, 1.165) is 32.2 Å². The highest BCUT2D eigenvalue weighted by Crippen LogP contribution is 2.44. The molecule has 1 aromatic heterocycles. The Morgan fingerprint density at radius 2 is 2.35 bits per heavy atom. The molecule has 0 radical (unpaired) electrons. The molecule has 3 rings (SSSR count). The summed E-state index contributed by atoms with van der Waals surface area (Å²) in [5, 5.41) is 2.16. The molecule has 0 spiro atoms. The number of nitrogens with two attached hydrogens (primary N) is 1. The van der Waals surface area contributed by atoms with Crippen LogP contribution in [0, 0.1) is 5.41 Å². The van der Waals surface area contributed by atoms with Crippen molar-refractivity contribution >= 4 is 17.2 Å². The number of amides is 1. The summed E-state index contributed by atoms with van der Waals surface area (Å²) in [6.45, 7) is 3.72. The van der Waals surface area contributed by atoms with Crippen molar-refractivity contribution in [3.63, 3.8) is 0 Å². The van der Waals surface area contributed by atoms with Gasteiger partial charge in [0, 0.05) is 17.8 Å². The van der Waals surface area contributed by atoms with Crippen LogP contribution in [-0.4, -0.2) is 23.9 Å². The van der Waals surface area contributed by atoms with Crippen LogP contribution >= 0.6 is 11.3 Å². The minimum Gasteiger partial charge on any atom is -0.335 e. The van der Waals surface area contributed by atoms with Gasteiger partial charge in [0.25, 0.3) is 0 Å². The van der Waals surface area contributed by atoms with E-state index in [1.54, 1.807) is 0 Å². The van der Waals surface area contributed by atoms with Gasteiger partial charge in [-0.25, -0.2) is 0 Å². The van der Waals surface area contributed by atoms with E-state index in [9.17, 15) is 4.79 Å². The van der Waals surface area contributed by atoms with E-state index in [0.29, 0.717) is 18.9 Å². The molecule has 2 heterocycles. The summed E-state index contributed by atoms with van der Waals surface area (Å²) < 4.78 is 0. The van der Waals surface area contributed by atoms with Gasteiger partial charge in [-0.2, -0.15) is 0 Å². The minimum atomic E-state index is 0.115. The van der Waals surface area contributed by atoms with Crippen LogP contribution in [0.2, 0.25) is 0 Å². The van der Waals surface area contributed by atoms with Crippen LogP contribution in [0.3, 0.4) is 0 Å². The van der Waals surface area contributed by atoms with Crippen molar-refractivity contribution in [2.24, 2.45) is 11.1 Å². The van der Waals surface area contributed by atoms with Crippen LogP contribution in [0.5, 0.6) is 0 Å². The molecule has 1 aliphatic heterocycles. The quantitative estimate of drug-likeness (QED) is 0.927. The minimum absolute atomic E-state index is 0.115. The van der Waals surface area contributed by atoms with Gasteiger partial charge in [0.2, 0.25) is 5.91 Å². The van der Waals surface area contributed by atoms with Crippen molar-refractivity contribution in [3.8, 4) is 0 Å². The van der Waals surface area contributed by atoms with Gasteiger partial charge in [0.05, 0.1) is 6.04 Å². The molecule has 1 atom stereocenters. The zero-order chi connectivity index (χ0) is 14.2. The van der Waals surface area contributed by atoms with Gasteiger partial charge in [-0.05, 0) is 54.7 Å². The zero-order valence-electron chi connectivity index (χ0n) is 12.2. The predicted octanol–water partition coefficient (Wildman–Crippen LogP) is 3.10. The molecule has 2 N–H and O–H groups in total. The molecule has 1 fully saturated rings. The molecule has 1 aliphatic carbocycles. The molecule has 3 nitrogen and oxygen atoms in total. The number of carbonyl (C=O) groups is 1. The Bertz CT molecular complexity index is 487. The van der Waals surface area contributed by atoms with Crippen molar-refractivity contribution in [3.05, 3.63) is 21.9 Å². The topological polar surface area (TPSA) is 46.3 Å². The molecule has 0 saturated heterocycles. The van der Waals surface area contributed by atoms with Gasteiger partial charge < -0.3 is 10.6 Å². The second-order valence-corrected chi connectivity index (χ2v) is 7.30. The zero-order valence-corrected chi connectivity index (χ0v) is 13.0. The number of nitrogens with zero attached hydrogens (tertiary/aromatic N) is 1. The molecule has 0 aromatic carbocycles. The van der Waals surface area contributed by atoms with E-state index in [4.69, 9.17) is 5.73 Å². The van der Waals surface area contributed by atoms with Gasteiger partial charge in [-0.3, -0.25) is 4.79 Å². The fraction of sp³-hybridized carbons (Fsp3) is 0.688. The molecule has 1 aromatic rings. The number of rotatable bonds is 4. The number of carbonyl (C=O) groups excluding carboxylic acids is 1. The van der Waals surface area contributed by atoms with Crippen molar-refractivity contribution in [1.82, 2.24) is 4.90 Å². The smallest absolute Gasteiger partial charge is 0.223 e. The highest BCUT2D eigenvalue weighted by atomic mass is 32.1. The van der Waals surface area contributed by atoms with Gasteiger partial charge in [0.15, 0.2) is 0 Å². The lowest BCUT2D eigenvalue weighted by molar-refractivity contribution is -0.138. The summed E-state index contributed by atoms with van der Waals surface area (Å²) in [5.74, 6) is 0.318. The standard InChI is InChI=1S/C16H24N2OS/c1-2-13-12-5-9-20-14(12)4-8-18(13)15(19)10-16(11-17)6-3-7-16/h5,9,13H,2-4,6-8,10-11,17H2,1H3. The third-order valence-electron chi connectivity index (χ3n) is 5.18. The van der Waals surface area contributed by atoms with Gasteiger partial charge in [-0.15, -0.1) is 11.3 Å². The summed E-state index contributed by atoms with van der Waals surface area (Å²) >= 11 is 1.83.